The Labute approximate surface area is 125 Å². The first-order chi connectivity index (χ1) is 9.35. The van der Waals surface area contributed by atoms with Gasteiger partial charge in [-0.2, -0.15) is 0 Å². The van der Waals surface area contributed by atoms with E-state index in [9.17, 15) is 0 Å². The number of hydrogen-bond donors (Lipinski definition) is 1. The molecular weight excluding hydrogens is 264 g/mol. The van der Waals surface area contributed by atoms with Gasteiger partial charge in [0, 0.05) is 16.5 Å². The van der Waals surface area contributed by atoms with E-state index in [2.05, 4.69) is 45.9 Å². The molecule has 0 spiro atoms. The van der Waals surface area contributed by atoms with Crippen LogP contribution >= 0.6 is 11.3 Å². The van der Waals surface area contributed by atoms with E-state index in [0.29, 0.717) is 0 Å². The first-order valence-electron chi connectivity index (χ1n) is 7.18. The third-order valence-electron chi connectivity index (χ3n) is 4.11. The SMILES string of the molecule is Cc1ccc(C)c(-c2nc3c(s2)C(N)CC(C)(C)C3)c1. The number of aryl methyl sites for hydroxylation is 2. The molecule has 1 heterocycles. The number of benzene rings is 1. The summed E-state index contributed by atoms with van der Waals surface area (Å²) in [6.07, 6.45) is 2.09. The maximum atomic E-state index is 6.35. The van der Waals surface area contributed by atoms with Crippen molar-refractivity contribution in [3.05, 3.63) is 39.9 Å². The summed E-state index contributed by atoms with van der Waals surface area (Å²) in [7, 11) is 0. The van der Waals surface area contributed by atoms with Crippen molar-refractivity contribution in [1.29, 1.82) is 0 Å². The Balaban J connectivity index is 2.08. The molecule has 0 aliphatic heterocycles. The van der Waals surface area contributed by atoms with E-state index < -0.39 is 0 Å². The summed E-state index contributed by atoms with van der Waals surface area (Å²) in [5.41, 5.74) is 11.7. The van der Waals surface area contributed by atoms with E-state index >= 15 is 0 Å². The van der Waals surface area contributed by atoms with Gasteiger partial charge in [-0.25, -0.2) is 4.98 Å². The van der Waals surface area contributed by atoms with Gasteiger partial charge in [0.1, 0.15) is 5.01 Å². The molecule has 1 aliphatic rings. The fourth-order valence-electron chi connectivity index (χ4n) is 3.07. The molecule has 1 aromatic carbocycles. The minimum atomic E-state index is 0.144. The zero-order valence-electron chi connectivity index (χ0n) is 12.7. The lowest BCUT2D eigenvalue weighted by Gasteiger charge is -2.32. The molecule has 2 nitrogen and oxygen atoms in total. The molecule has 20 heavy (non-hydrogen) atoms. The summed E-state index contributed by atoms with van der Waals surface area (Å²) in [5.74, 6) is 0. The van der Waals surface area contributed by atoms with E-state index in [0.717, 1.165) is 17.8 Å². The van der Waals surface area contributed by atoms with Crippen molar-refractivity contribution in [3.63, 3.8) is 0 Å². The van der Waals surface area contributed by atoms with E-state index in [-0.39, 0.29) is 11.5 Å². The van der Waals surface area contributed by atoms with Gasteiger partial charge >= 0.3 is 0 Å². The number of aromatic nitrogens is 1. The summed E-state index contributed by atoms with van der Waals surface area (Å²) in [4.78, 5) is 6.20. The van der Waals surface area contributed by atoms with Gasteiger partial charge in [0.05, 0.1) is 5.69 Å². The lowest BCUT2D eigenvalue weighted by atomic mass is 9.77. The van der Waals surface area contributed by atoms with Crippen LogP contribution in [0.2, 0.25) is 0 Å². The third kappa shape index (κ3) is 2.40. The summed E-state index contributed by atoms with van der Waals surface area (Å²) < 4.78 is 0. The van der Waals surface area contributed by atoms with E-state index in [1.807, 2.05) is 0 Å². The Morgan fingerprint density at radius 1 is 1.30 bits per heavy atom. The van der Waals surface area contributed by atoms with E-state index in [1.54, 1.807) is 11.3 Å². The van der Waals surface area contributed by atoms with Gasteiger partial charge in [-0.1, -0.05) is 31.5 Å². The molecular formula is C17H22N2S. The van der Waals surface area contributed by atoms with Crippen molar-refractivity contribution in [2.75, 3.05) is 0 Å². The Kier molecular flexibility index (Phi) is 3.22. The monoisotopic (exact) mass is 286 g/mol. The number of thiazole rings is 1. The molecule has 2 N–H and O–H groups in total. The number of nitrogens with two attached hydrogens (primary N) is 1. The van der Waals surface area contributed by atoms with E-state index in [4.69, 9.17) is 10.7 Å². The molecule has 1 aromatic heterocycles. The minimum Gasteiger partial charge on any atom is -0.323 e. The highest BCUT2D eigenvalue weighted by atomic mass is 32.1. The molecule has 0 fully saturated rings. The summed E-state index contributed by atoms with van der Waals surface area (Å²) in [6, 6.07) is 6.71. The van der Waals surface area contributed by atoms with Crippen LogP contribution in [0.15, 0.2) is 18.2 Å². The highest BCUT2D eigenvalue weighted by Crippen LogP contribution is 2.44. The lowest BCUT2D eigenvalue weighted by molar-refractivity contribution is 0.282. The highest BCUT2D eigenvalue weighted by molar-refractivity contribution is 7.15. The van der Waals surface area contributed by atoms with Crippen LogP contribution in [0.1, 0.15) is 48.0 Å². The molecule has 0 amide bonds. The highest BCUT2D eigenvalue weighted by Gasteiger charge is 2.33. The maximum Gasteiger partial charge on any atom is 0.124 e. The van der Waals surface area contributed by atoms with E-state index in [1.165, 1.54) is 27.3 Å². The Morgan fingerprint density at radius 3 is 2.80 bits per heavy atom. The van der Waals surface area contributed by atoms with Gasteiger partial charge in [0.2, 0.25) is 0 Å². The quantitative estimate of drug-likeness (QED) is 0.844. The van der Waals surface area contributed by atoms with Crippen molar-refractivity contribution >= 4 is 11.3 Å². The normalized spacial score (nSPS) is 20.8. The molecule has 3 rings (SSSR count). The van der Waals surface area contributed by atoms with Crippen LogP contribution in [-0.4, -0.2) is 4.98 Å². The number of nitrogens with zero attached hydrogens (tertiary/aromatic N) is 1. The Hall–Kier alpha value is -1.19. The molecule has 0 radical (unpaired) electrons. The average molecular weight is 286 g/mol. The first kappa shape index (κ1) is 13.8. The second-order valence-electron chi connectivity index (χ2n) is 6.80. The van der Waals surface area contributed by atoms with Gasteiger partial charge in [-0.3, -0.25) is 0 Å². The topological polar surface area (TPSA) is 38.9 Å². The fourth-order valence-corrected chi connectivity index (χ4v) is 4.24. The third-order valence-corrected chi connectivity index (χ3v) is 5.37. The van der Waals surface area contributed by atoms with Crippen molar-refractivity contribution in [2.45, 2.75) is 46.6 Å². The summed E-state index contributed by atoms with van der Waals surface area (Å²) in [6.45, 7) is 8.85. The molecule has 0 saturated heterocycles. The predicted molar refractivity (Wildman–Crippen MR) is 86.1 cm³/mol. The minimum absolute atomic E-state index is 0.144. The maximum absolute atomic E-state index is 6.35. The molecule has 1 unspecified atom stereocenters. The van der Waals surface area contributed by atoms with Gasteiger partial charge in [0.25, 0.3) is 0 Å². The van der Waals surface area contributed by atoms with Crippen LogP contribution in [0.5, 0.6) is 0 Å². The molecule has 3 heteroatoms. The van der Waals surface area contributed by atoms with Crippen molar-refractivity contribution in [2.24, 2.45) is 11.1 Å². The van der Waals surface area contributed by atoms with Crippen LogP contribution in [0.25, 0.3) is 10.6 Å². The first-order valence-corrected chi connectivity index (χ1v) is 8.00. The van der Waals surface area contributed by atoms with Crippen molar-refractivity contribution in [1.82, 2.24) is 4.98 Å². The van der Waals surface area contributed by atoms with Gasteiger partial charge < -0.3 is 5.73 Å². The average Bonchev–Trinajstić information content (AvgIpc) is 2.74. The molecule has 1 atom stereocenters. The fraction of sp³-hybridized carbons (Fsp3) is 0.471. The molecule has 0 saturated carbocycles. The standard InChI is InChI=1S/C17H22N2S/c1-10-5-6-11(2)12(7-10)16-19-14-9-17(3,4)8-13(18)15(14)20-16/h5-7,13H,8-9,18H2,1-4H3. The second-order valence-corrected chi connectivity index (χ2v) is 7.83. The van der Waals surface area contributed by atoms with Gasteiger partial charge in [-0.15, -0.1) is 11.3 Å². The van der Waals surface area contributed by atoms with Crippen LogP contribution in [0, 0.1) is 19.3 Å². The zero-order valence-corrected chi connectivity index (χ0v) is 13.5. The smallest absolute Gasteiger partial charge is 0.124 e. The summed E-state index contributed by atoms with van der Waals surface area (Å²) >= 11 is 1.78. The predicted octanol–water partition coefficient (Wildman–Crippen LogP) is 4.40. The number of rotatable bonds is 1. The second kappa shape index (κ2) is 4.68. The molecule has 2 aromatic rings. The molecule has 1 aliphatic carbocycles. The van der Waals surface area contributed by atoms with Crippen LogP contribution < -0.4 is 5.73 Å². The molecule has 0 bridgehead atoms. The molecule has 106 valence electrons. The largest absolute Gasteiger partial charge is 0.323 e. The Bertz CT molecular complexity index is 655. The lowest BCUT2D eigenvalue weighted by Crippen LogP contribution is -2.28. The van der Waals surface area contributed by atoms with Crippen LogP contribution in [-0.2, 0) is 6.42 Å². The zero-order chi connectivity index (χ0) is 14.5. The van der Waals surface area contributed by atoms with Gasteiger partial charge in [0.15, 0.2) is 0 Å². The van der Waals surface area contributed by atoms with Crippen molar-refractivity contribution in [3.8, 4) is 10.6 Å². The Morgan fingerprint density at radius 2 is 2.05 bits per heavy atom. The van der Waals surface area contributed by atoms with Crippen LogP contribution in [0.3, 0.4) is 0 Å². The number of fused-ring (bicyclic) bond motifs is 1. The van der Waals surface area contributed by atoms with Crippen LogP contribution in [0.4, 0.5) is 0 Å². The van der Waals surface area contributed by atoms with Crippen molar-refractivity contribution < 1.29 is 0 Å². The number of hydrogen-bond acceptors (Lipinski definition) is 3. The van der Waals surface area contributed by atoms with Gasteiger partial charge in [-0.05, 0) is 43.7 Å². The summed E-state index contributed by atoms with van der Waals surface area (Å²) in [5, 5.41) is 1.13.